The Balaban J connectivity index is 1.83. The summed E-state index contributed by atoms with van der Waals surface area (Å²) >= 11 is 0. The predicted octanol–water partition coefficient (Wildman–Crippen LogP) is 3.78. The van der Waals surface area contributed by atoms with E-state index < -0.39 is 0 Å². The fraction of sp³-hybridized carbons (Fsp3) is 0.368. The van der Waals surface area contributed by atoms with E-state index in [1.807, 2.05) is 6.07 Å². The standard InChI is InChI=1S/C19H23NO/c1-2-8-17(14-9-4-3-5-10-14)20-19-16-12-7-6-11-15(16)13-18(19)21/h3-7,9-12,17-21H,2,8,13H2,1H3. The van der Waals surface area contributed by atoms with Crippen LogP contribution in [0.2, 0.25) is 0 Å². The van der Waals surface area contributed by atoms with Gasteiger partial charge in [-0.25, -0.2) is 0 Å². The van der Waals surface area contributed by atoms with Crippen molar-refractivity contribution in [3.8, 4) is 0 Å². The molecule has 1 aliphatic carbocycles. The van der Waals surface area contributed by atoms with Gasteiger partial charge in [-0.15, -0.1) is 0 Å². The molecular formula is C19H23NO. The van der Waals surface area contributed by atoms with Gasteiger partial charge >= 0.3 is 0 Å². The van der Waals surface area contributed by atoms with Crippen LogP contribution in [0.25, 0.3) is 0 Å². The molecule has 110 valence electrons. The fourth-order valence-corrected chi connectivity index (χ4v) is 3.31. The summed E-state index contributed by atoms with van der Waals surface area (Å²) < 4.78 is 0. The zero-order chi connectivity index (χ0) is 14.7. The van der Waals surface area contributed by atoms with Gasteiger partial charge in [0.1, 0.15) is 0 Å². The van der Waals surface area contributed by atoms with Crippen LogP contribution in [0.5, 0.6) is 0 Å². The summed E-state index contributed by atoms with van der Waals surface area (Å²) in [4.78, 5) is 0. The lowest BCUT2D eigenvalue weighted by Crippen LogP contribution is -2.32. The third-order valence-electron chi connectivity index (χ3n) is 4.36. The number of hydrogen-bond acceptors (Lipinski definition) is 2. The van der Waals surface area contributed by atoms with Gasteiger partial charge in [-0.1, -0.05) is 67.9 Å². The van der Waals surface area contributed by atoms with E-state index in [4.69, 9.17) is 0 Å². The summed E-state index contributed by atoms with van der Waals surface area (Å²) in [5.41, 5.74) is 3.82. The SMILES string of the molecule is CCCC(NC1c2ccccc2CC1O)c1ccccc1. The molecule has 3 unspecified atom stereocenters. The Labute approximate surface area is 126 Å². The van der Waals surface area contributed by atoms with Crippen LogP contribution in [0, 0.1) is 0 Å². The van der Waals surface area contributed by atoms with Crippen LogP contribution in [0.15, 0.2) is 54.6 Å². The molecule has 1 aliphatic rings. The zero-order valence-corrected chi connectivity index (χ0v) is 12.5. The number of aliphatic hydroxyl groups excluding tert-OH is 1. The maximum Gasteiger partial charge on any atom is 0.0775 e. The largest absolute Gasteiger partial charge is 0.391 e. The Bertz CT molecular complexity index is 581. The van der Waals surface area contributed by atoms with Gasteiger partial charge in [0.05, 0.1) is 12.1 Å². The minimum Gasteiger partial charge on any atom is -0.391 e. The molecule has 2 nitrogen and oxygen atoms in total. The summed E-state index contributed by atoms with van der Waals surface area (Å²) in [6.45, 7) is 2.21. The summed E-state index contributed by atoms with van der Waals surface area (Å²) in [6, 6.07) is 19.2. The first kappa shape index (κ1) is 14.3. The summed E-state index contributed by atoms with van der Waals surface area (Å²) in [6.07, 6.45) is 2.62. The number of benzene rings is 2. The monoisotopic (exact) mass is 281 g/mol. The number of rotatable bonds is 5. The predicted molar refractivity (Wildman–Crippen MR) is 86.1 cm³/mol. The summed E-state index contributed by atoms with van der Waals surface area (Å²) in [5, 5.41) is 14.1. The molecule has 0 radical (unpaired) electrons. The maximum absolute atomic E-state index is 10.4. The second-order valence-corrected chi connectivity index (χ2v) is 5.87. The van der Waals surface area contributed by atoms with Crippen molar-refractivity contribution >= 4 is 0 Å². The number of nitrogens with one attached hydrogen (secondary N) is 1. The van der Waals surface area contributed by atoms with E-state index in [1.54, 1.807) is 0 Å². The van der Waals surface area contributed by atoms with Crippen LogP contribution in [0.3, 0.4) is 0 Å². The lowest BCUT2D eigenvalue weighted by Gasteiger charge is -2.26. The maximum atomic E-state index is 10.4. The van der Waals surface area contributed by atoms with Gasteiger partial charge in [0.2, 0.25) is 0 Å². The first-order valence-corrected chi connectivity index (χ1v) is 7.86. The highest BCUT2D eigenvalue weighted by molar-refractivity contribution is 5.36. The van der Waals surface area contributed by atoms with E-state index in [1.165, 1.54) is 16.7 Å². The second-order valence-electron chi connectivity index (χ2n) is 5.87. The first-order chi connectivity index (χ1) is 10.3. The molecule has 2 N–H and O–H groups in total. The molecule has 0 saturated heterocycles. The lowest BCUT2D eigenvalue weighted by atomic mass is 9.99. The molecule has 0 fully saturated rings. The molecule has 0 aromatic heterocycles. The van der Waals surface area contributed by atoms with E-state index in [0.29, 0.717) is 6.04 Å². The average molecular weight is 281 g/mol. The Morgan fingerprint density at radius 3 is 2.57 bits per heavy atom. The number of hydrogen-bond donors (Lipinski definition) is 2. The molecular weight excluding hydrogens is 258 g/mol. The third kappa shape index (κ3) is 3.02. The van der Waals surface area contributed by atoms with Gasteiger partial charge < -0.3 is 10.4 Å². The topological polar surface area (TPSA) is 32.3 Å². The van der Waals surface area contributed by atoms with Crippen molar-refractivity contribution in [3.05, 3.63) is 71.3 Å². The van der Waals surface area contributed by atoms with E-state index in [2.05, 4.69) is 60.8 Å². The van der Waals surface area contributed by atoms with Crippen molar-refractivity contribution in [1.82, 2.24) is 5.32 Å². The van der Waals surface area contributed by atoms with Gasteiger partial charge in [-0.05, 0) is 23.1 Å². The van der Waals surface area contributed by atoms with Crippen LogP contribution in [0.4, 0.5) is 0 Å². The Morgan fingerprint density at radius 1 is 1.10 bits per heavy atom. The average Bonchev–Trinajstić information content (AvgIpc) is 2.84. The second kappa shape index (κ2) is 6.42. The van der Waals surface area contributed by atoms with Crippen molar-refractivity contribution in [2.75, 3.05) is 0 Å². The van der Waals surface area contributed by atoms with Crippen LogP contribution >= 0.6 is 0 Å². The van der Waals surface area contributed by atoms with Gasteiger partial charge in [0, 0.05) is 12.5 Å². The molecule has 0 saturated carbocycles. The Kier molecular flexibility index (Phi) is 4.37. The normalized spacial score (nSPS) is 22.0. The van der Waals surface area contributed by atoms with Gasteiger partial charge in [-0.2, -0.15) is 0 Å². The molecule has 3 rings (SSSR count). The zero-order valence-electron chi connectivity index (χ0n) is 12.5. The van der Waals surface area contributed by atoms with Crippen molar-refractivity contribution in [2.24, 2.45) is 0 Å². The molecule has 0 bridgehead atoms. The highest BCUT2D eigenvalue weighted by Gasteiger charge is 2.32. The molecule has 0 aliphatic heterocycles. The van der Waals surface area contributed by atoms with Crippen LogP contribution in [-0.4, -0.2) is 11.2 Å². The molecule has 0 amide bonds. The molecule has 2 aromatic rings. The van der Waals surface area contributed by atoms with E-state index >= 15 is 0 Å². The van der Waals surface area contributed by atoms with E-state index in [9.17, 15) is 5.11 Å². The molecule has 3 atom stereocenters. The van der Waals surface area contributed by atoms with E-state index in [-0.39, 0.29) is 12.1 Å². The first-order valence-electron chi connectivity index (χ1n) is 7.86. The number of fused-ring (bicyclic) bond motifs is 1. The van der Waals surface area contributed by atoms with Crippen LogP contribution < -0.4 is 5.32 Å². The molecule has 0 spiro atoms. The highest BCUT2D eigenvalue weighted by Crippen LogP contribution is 2.34. The van der Waals surface area contributed by atoms with Crippen molar-refractivity contribution in [3.63, 3.8) is 0 Å². The molecule has 2 aromatic carbocycles. The van der Waals surface area contributed by atoms with Gasteiger partial charge in [0.25, 0.3) is 0 Å². The minimum atomic E-state index is -0.328. The van der Waals surface area contributed by atoms with Crippen molar-refractivity contribution in [2.45, 2.75) is 44.4 Å². The highest BCUT2D eigenvalue weighted by atomic mass is 16.3. The summed E-state index contributed by atoms with van der Waals surface area (Å²) in [7, 11) is 0. The van der Waals surface area contributed by atoms with Crippen LogP contribution in [-0.2, 0) is 6.42 Å². The van der Waals surface area contributed by atoms with Crippen LogP contribution in [0.1, 0.15) is 48.5 Å². The molecule has 2 heteroatoms. The fourth-order valence-electron chi connectivity index (χ4n) is 3.31. The lowest BCUT2D eigenvalue weighted by molar-refractivity contribution is 0.133. The van der Waals surface area contributed by atoms with Gasteiger partial charge in [-0.3, -0.25) is 0 Å². The van der Waals surface area contributed by atoms with Crippen molar-refractivity contribution in [1.29, 1.82) is 0 Å². The molecule has 0 heterocycles. The smallest absolute Gasteiger partial charge is 0.0775 e. The van der Waals surface area contributed by atoms with Crippen molar-refractivity contribution < 1.29 is 5.11 Å². The number of aliphatic hydroxyl groups is 1. The Morgan fingerprint density at radius 2 is 1.81 bits per heavy atom. The quantitative estimate of drug-likeness (QED) is 0.874. The van der Waals surface area contributed by atoms with Gasteiger partial charge in [0.15, 0.2) is 0 Å². The van der Waals surface area contributed by atoms with E-state index in [0.717, 1.165) is 19.3 Å². The summed E-state index contributed by atoms with van der Waals surface area (Å²) in [5.74, 6) is 0. The minimum absolute atomic E-state index is 0.0398. The third-order valence-corrected chi connectivity index (χ3v) is 4.36. The molecule has 21 heavy (non-hydrogen) atoms. The Hall–Kier alpha value is -1.64.